The van der Waals surface area contributed by atoms with Crippen LogP contribution in [0.25, 0.3) is 0 Å². The Balaban J connectivity index is 1.56. The van der Waals surface area contributed by atoms with E-state index in [0.717, 1.165) is 12.0 Å². The van der Waals surface area contributed by atoms with Crippen molar-refractivity contribution >= 4 is 6.09 Å². The number of fused-ring (bicyclic) bond motifs is 1. The fourth-order valence-electron chi connectivity index (χ4n) is 2.81. The molecule has 0 spiro atoms. The van der Waals surface area contributed by atoms with E-state index in [1.807, 2.05) is 37.3 Å². The number of hydrogen-bond acceptors (Lipinski definition) is 3. The summed E-state index contributed by atoms with van der Waals surface area (Å²) in [5.41, 5.74) is 1.00. The van der Waals surface area contributed by atoms with Gasteiger partial charge >= 0.3 is 6.09 Å². The number of hydrogen-bond donors (Lipinski definition) is 0. The molecule has 0 saturated carbocycles. The van der Waals surface area contributed by atoms with Crippen molar-refractivity contribution < 1.29 is 14.3 Å². The van der Waals surface area contributed by atoms with Gasteiger partial charge in [-0.1, -0.05) is 30.3 Å². The van der Waals surface area contributed by atoms with Crippen LogP contribution >= 0.6 is 0 Å². The molecule has 3 rings (SSSR count). The van der Waals surface area contributed by atoms with Crippen LogP contribution in [0.4, 0.5) is 4.79 Å². The van der Waals surface area contributed by atoms with Crippen molar-refractivity contribution in [2.24, 2.45) is 0 Å². The van der Waals surface area contributed by atoms with Crippen LogP contribution in [0.15, 0.2) is 30.3 Å². The van der Waals surface area contributed by atoms with Crippen LogP contribution in [0.1, 0.15) is 25.8 Å². The fourth-order valence-corrected chi connectivity index (χ4v) is 2.81. The van der Waals surface area contributed by atoms with E-state index in [1.165, 1.54) is 0 Å². The first-order valence-electron chi connectivity index (χ1n) is 6.74. The Hall–Kier alpha value is -1.55. The molecule has 0 aromatic heterocycles. The topological polar surface area (TPSA) is 42.1 Å². The first kappa shape index (κ1) is 12.5. The molecular weight excluding hydrogens is 242 g/mol. The minimum Gasteiger partial charge on any atom is -0.445 e. The summed E-state index contributed by atoms with van der Waals surface area (Å²) in [7, 11) is 0. The van der Waals surface area contributed by atoms with Crippen LogP contribution in [0.3, 0.4) is 0 Å². The van der Waals surface area contributed by atoms with Gasteiger partial charge in [-0.05, 0) is 25.8 Å². The Morgan fingerprint density at radius 1 is 1.47 bits per heavy atom. The lowest BCUT2D eigenvalue weighted by Crippen LogP contribution is -2.47. The van der Waals surface area contributed by atoms with E-state index in [4.69, 9.17) is 9.47 Å². The molecule has 3 atom stereocenters. The van der Waals surface area contributed by atoms with Crippen LogP contribution in [-0.2, 0) is 16.1 Å². The Bertz CT molecular complexity index is 476. The van der Waals surface area contributed by atoms with Crippen LogP contribution in [-0.4, -0.2) is 35.3 Å². The van der Waals surface area contributed by atoms with E-state index in [-0.39, 0.29) is 23.8 Å². The minimum absolute atomic E-state index is 0.00434. The Morgan fingerprint density at radius 3 is 2.95 bits per heavy atom. The summed E-state index contributed by atoms with van der Waals surface area (Å²) in [6, 6.07) is 9.91. The second kappa shape index (κ2) is 4.53. The van der Waals surface area contributed by atoms with Crippen LogP contribution in [0.5, 0.6) is 0 Å². The quantitative estimate of drug-likeness (QED) is 0.768. The van der Waals surface area contributed by atoms with Gasteiger partial charge < -0.3 is 14.4 Å². The number of likely N-dealkylation sites (tertiary alicyclic amines) is 1. The van der Waals surface area contributed by atoms with Crippen molar-refractivity contribution in [3.63, 3.8) is 0 Å². The monoisotopic (exact) mass is 261 g/mol. The summed E-state index contributed by atoms with van der Waals surface area (Å²) < 4.78 is 11.0. The number of nitrogens with zero attached hydrogens (tertiary/aromatic N) is 1. The first-order chi connectivity index (χ1) is 9.08. The molecular formula is C15H19NO3. The van der Waals surface area contributed by atoms with Gasteiger partial charge in [0.2, 0.25) is 0 Å². The van der Waals surface area contributed by atoms with Gasteiger partial charge in [0.25, 0.3) is 0 Å². The summed E-state index contributed by atoms with van der Waals surface area (Å²) in [6.07, 6.45) is 0.833. The molecule has 0 radical (unpaired) electrons. The van der Waals surface area contributed by atoms with Crippen molar-refractivity contribution in [1.29, 1.82) is 0 Å². The Kier molecular flexibility index (Phi) is 2.97. The molecule has 0 aliphatic carbocycles. The third-order valence-electron chi connectivity index (χ3n) is 4.07. The Labute approximate surface area is 113 Å². The van der Waals surface area contributed by atoms with E-state index in [0.29, 0.717) is 13.2 Å². The molecule has 0 bridgehead atoms. The molecule has 0 N–H and O–H groups in total. The van der Waals surface area contributed by atoms with E-state index in [2.05, 4.69) is 6.92 Å². The summed E-state index contributed by atoms with van der Waals surface area (Å²) in [4.78, 5) is 13.9. The highest BCUT2D eigenvalue weighted by molar-refractivity contribution is 5.68. The highest BCUT2D eigenvalue weighted by Crippen LogP contribution is 2.45. The second-order valence-corrected chi connectivity index (χ2v) is 5.66. The van der Waals surface area contributed by atoms with Crippen LogP contribution < -0.4 is 0 Å². The van der Waals surface area contributed by atoms with Crippen molar-refractivity contribution in [3.8, 4) is 0 Å². The third-order valence-corrected chi connectivity index (χ3v) is 4.07. The van der Waals surface area contributed by atoms with Gasteiger partial charge in [-0.15, -0.1) is 0 Å². The molecule has 2 fully saturated rings. The predicted octanol–water partition coefficient (Wildman–Crippen LogP) is 2.57. The number of ether oxygens (including phenoxy) is 2. The molecule has 1 aromatic rings. The van der Waals surface area contributed by atoms with Gasteiger partial charge in [0.1, 0.15) is 12.7 Å². The fraction of sp³-hybridized carbons (Fsp3) is 0.533. The third kappa shape index (κ3) is 2.45. The van der Waals surface area contributed by atoms with E-state index >= 15 is 0 Å². The number of benzene rings is 1. The normalized spacial score (nSPS) is 32.6. The number of epoxide rings is 1. The van der Waals surface area contributed by atoms with E-state index in [9.17, 15) is 4.79 Å². The van der Waals surface area contributed by atoms with Gasteiger partial charge in [0.05, 0.1) is 12.1 Å². The Morgan fingerprint density at radius 2 is 2.21 bits per heavy atom. The lowest BCUT2D eigenvalue weighted by Gasteiger charge is -2.32. The molecule has 3 unspecified atom stereocenters. The van der Waals surface area contributed by atoms with E-state index < -0.39 is 0 Å². The second-order valence-electron chi connectivity index (χ2n) is 5.66. The molecule has 4 heteroatoms. The number of rotatable bonds is 2. The zero-order valence-corrected chi connectivity index (χ0v) is 11.3. The molecule has 2 saturated heterocycles. The lowest BCUT2D eigenvalue weighted by molar-refractivity contribution is 0.0731. The van der Waals surface area contributed by atoms with Gasteiger partial charge in [-0.3, -0.25) is 0 Å². The highest BCUT2D eigenvalue weighted by Gasteiger charge is 2.58. The molecule has 4 nitrogen and oxygen atoms in total. The smallest absolute Gasteiger partial charge is 0.410 e. The van der Waals surface area contributed by atoms with Crippen LogP contribution in [0.2, 0.25) is 0 Å². The van der Waals surface area contributed by atoms with Crippen LogP contribution in [0, 0.1) is 0 Å². The van der Waals surface area contributed by atoms with Gasteiger partial charge in [0.15, 0.2) is 0 Å². The number of piperidine rings is 1. The van der Waals surface area contributed by atoms with Crippen molar-refractivity contribution in [3.05, 3.63) is 35.9 Å². The summed E-state index contributed by atoms with van der Waals surface area (Å²) in [6.45, 7) is 5.13. The molecule has 2 aliphatic rings. The largest absolute Gasteiger partial charge is 0.445 e. The average molecular weight is 261 g/mol. The standard InChI is InChI=1S/C15H19NO3/c1-11-8-15(2)13(19-15)9-16(11)14(17)18-10-12-6-4-3-5-7-12/h3-7,11,13H,8-10H2,1-2H3. The highest BCUT2D eigenvalue weighted by atomic mass is 16.6. The SMILES string of the molecule is CC1CC2(C)OC2CN1C(=O)OCc1ccccc1. The number of carbonyl (C=O) groups is 1. The maximum Gasteiger partial charge on any atom is 0.410 e. The molecule has 2 aliphatic heterocycles. The average Bonchev–Trinajstić information content (AvgIpc) is 3.06. The predicted molar refractivity (Wildman–Crippen MR) is 70.7 cm³/mol. The summed E-state index contributed by atoms with van der Waals surface area (Å²) >= 11 is 0. The van der Waals surface area contributed by atoms with Gasteiger partial charge in [0, 0.05) is 6.04 Å². The molecule has 1 aromatic carbocycles. The van der Waals surface area contributed by atoms with Crippen molar-refractivity contribution in [2.75, 3.05) is 6.54 Å². The molecule has 19 heavy (non-hydrogen) atoms. The lowest BCUT2D eigenvalue weighted by atomic mass is 9.93. The molecule has 102 valence electrons. The summed E-state index contributed by atoms with van der Waals surface area (Å²) in [5.74, 6) is 0. The van der Waals surface area contributed by atoms with Crippen molar-refractivity contribution in [2.45, 2.75) is 44.6 Å². The van der Waals surface area contributed by atoms with Gasteiger partial charge in [-0.25, -0.2) is 4.79 Å². The molecule has 2 heterocycles. The van der Waals surface area contributed by atoms with E-state index in [1.54, 1.807) is 4.90 Å². The summed E-state index contributed by atoms with van der Waals surface area (Å²) in [5, 5.41) is 0. The van der Waals surface area contributed by atoms with Crippen molar-refractivity contribution in [1.82, 2.24) is 4.90 Å². The molecule has 1 amide bonds. The first-order valence-corrected chi connectivity index (χ1v) is 6.74. The maximum atomic E-state index is 12.1. The maximum absolute atomic E-state index is 12.1. The minimum atomic E-state index is -0.242. The van der Waals surface area contributed by atoms with Gasteiger partial charge in [-0.2, -0.15) is 0 Å². The zero-order valence-electron chi connectivity index (χ0n) is 11.3. The number of carbonyl (C=O) groups excluding carboxylic acids is 1. The number of amides is 1. The zero-order chi connectivity index (χ0) is 13.5.